The molecule has 2 fully saturated rings. The van der Waals surface area contributed by atoms with Crippen molar-refractivity contribution >= 4 is 15.2 Å². The van der Waals surface area contributed by atoms with Crippen LogP contribution in [0.2, 0.25) is 0 Å². The van der Waals surface area contributed by atoms with Gasteiger partial charge in [0.05, 0.1) is 11.8 Å². The second-order valence-corrected chi connectivity index (χ2v) is 15.4. The summed E-state index contributed by atoms with van der Waals surface area (Å²) in [5.41, 5.74) is 4.87. The Labute approximate surface area is 223 Å². The topological polar surface area (TPSA) is 71.1 Å². The summed E-state index contributed by atoms with van der Waals surface area (Å²) in [6.45, 7) is 6.16. The normalized spacial score (nSPS) is 18.5. The Kier molecular flexibility index (Phi) is 10.8. The second kappa shape index (κ2) is 13.2. The molecule has 2 aliphatic carbocycles. The van der Waals surface area contributed by atoms with Crippen molar-refractivity contribution in [2.45, 2.75) is 63.9 Å². The summed E-state index contributed by atoms with van der Waals surface area (Å²) < 4.78 is 45.5. The zero-order valence-corrected chi connectivity index (χ0v) is 25.2. The number of aryl methyl sites for hydroxylation is 2. The van der Waals surface area contributed by atoms with Gasteiger partial charge in [-0.15, -0.1) is 0 Å². The van der Waals surface area contributed by atoms with Gasteiger partial charge in [-0.1, -0.05) is 66.6 Å². The van der Waals surface area contributed by atoms with Gasteiger partial charge in [-0.25, -0.2) is 0 Å². The van der Waals surface area contributed by atoms with Gasteiger partial charge in [0.25, 0.3) is 0 Å². The molecule has 4 rings (SSSR count). The second-order valence-electron chi connectivity index (χ2n) is 10.4. The van der Waals surface area contributed by atoms with Crippen LogP contribution in [0.15, 0.2) is 48.5 Å². The lowest BCUT2D eigenvalue weighted by Gasteiger charge is -2.29. The first-order valence-corrected chi connectivity index (χ1v) is 16.5. The zero-order chi connectivity index (χ0) is 27.2. The van der Waals surface area contributed by atoms with Gasteiger partial charge in [0.2, 0.25) is 0 Å². The molecule has 37 heavy (non-hydrogen) atoms. The molecule has 0 spiro atoms. The van der Waals surface area contributed by atoms with E-state index in [9.17, 15) is 9.13 Å². The maximum atomic E-state index is 12.6. The summed E-state index contributed by atoms with van der Waals surface area (Å²) in [4.78, 5) is 0. The van der Waals surface area contributed by atoms with Crippen LogP contribution in [-0.4, -0.2) is 40.3 Å². The number of hydrogen-bond acceptors (Lipinski definition) is 6. The first-order valence-electron chi connectivity index (χ1n) is 13.1. The van der Waals surface area contributed by atoms with Crippen LogP contribution in [0.3, 0.4) is 0 Å². The van der Waals surface area contributed by atoms with Crippen molar-refractivity contribution in [2.24, 2.45) is 11.8 Å². The minimum Gasteiger partial charge on any atom is -0.312 e. The molecule has 0 amide bonds. The van der Waals surface area contributed by atoms with E-state index in [2.05, 4.69) is 62.4 Å². The molecule has 2 aliphatic rings. The fourth-order valence-electron chi connectivity index (χ4n) is 5.27. The van der Waals surface area contributed by atoms with Crippen LogP contribution in [0.5, 0.6) is 0 Å². The molecule has 2 aromatic carbocycles. The highest BCUT2D eigenvalue weighted by molar-refractivity contribution is 7.54. The summed E-state index contributed by atoms with van der Waals surface area (Å²) in [7, 11) is -0.0826. The molecular weight excluding hydrogens is 506 g/mol. The van der Waals surface area contributed by atoms with E-state index in [1.54, 1.807) is 0 Å². The minimum atomic E-state index is -3.02. The minimum absolute atomic E-state index is 0.114. The predicted molar refractivity (Wildman–Crippen MR) is 151 cm³/mol. The molecule has 0 aliphatic heterocycles. The number of hydrogen-bond donors (Lipinski definition) is 0. The van der Waals surface area contributed by atoms with Crippen LogP contribution in [0.1, 0.15) is 66.7 Å². The SMILES string of the molecule is COP(=O)(CC(c1cccc(C)c1)C1CC1)OC.COP(=O)(OC)C(C)C(c1cccc(C)c1)C1CC1. The van der Waals surface area contributed by atoms with Crippen molar-refractivity contribution < 1.29 is 27.2 Å². The van der Waals surface area contributed by atoms with Gasteiger partial charge in [0.1, 0.15) is 0 Å². The summed E-state index contributed by atoms with van der Waals surface area (Å²) >= 11 is 0. The standard InChI is InChI=1S/C15H23O3P.C14H21O3P/c1-11-6-5-7-14(10-11)15(13-8-9-13)12(2)19(16,17-3)18-4;1-11-5-4-6-13(9-11)14(12-7-8-12)10-18(15,16-2)17-3/h5-7,10,12-13,15H,8-9H2,1-4H3;4-6,9,12,14H,7-8,10H2,1-3H3. The Bertz CT molecular complexity index is 1100. The smallest absolute Gasteiger partial charge is 0.312 e. The molecule has 0 aromatic heterocycles. The summed E-state index contributed by atoms with van der Waals surface area (Å²) in [5, 5.41) is 0. The van der Waals surface area contributed by atoms with Crippen LogP contribution in [0.25, 0.3) is 0 Å². The predicted octanol–water partition coefficient (Wildman–Crippen LogP) is 8.34. The lowest BCUT2D eigenvalue weighted by Crippen LogP contribution is -2.19. The first kappa shape index (κ1) is 30.3. The molecule has 6 nitrogen and oxygen atoms in total. The molecule has 2 saturated carbocycles. The van der Waals surface area contributed by atoms with E-state index in [-0.39, 0.29) is 17.5 Å². The van der Waals surface area contributed by atoms with Crippen LogP contribution in [0.4, 0.5) is 0 Å². The molecule has 206 valence electrons. The zero-order valence-electron chi connectivity index (χ0n) is 23.4. The van der Waals surface area contributed by atoms with Crippen LogP contribution >= 0.6 is 15.2 Å². The molecule has 8 heteroatoms. The largest absolute Gasteiger partial charge is 0.333 e. The van der Waals surface area contributed by atoms with Gasteiger partial charge in [0.15, 0.2) is 0 Å². The van der Waals surface area contributed by atoms with E-state index in [1.807, 2.05) is 6.92 Å². The van der Waals surface area contributed by atoms with Crippen molar-refractivity contribution in [2.75, 3.05) is 34.6 Å². The van der Waals surface area contributed by atoms with Gasteiger partial charge >= 0.3 is 15.2 Å². The Morgan fingerprint density at radius 1 is 0.757 bits per heavy atom. The fourth-order valence-corrected chi connectivity index (χ4v) is 8.33. The molecule has 0 saturated heterocycles. The van der Waals surface area contributed by atoms with Gasteiger partial charge in [-0.2, -0.15) is 0 Å². The Hall–Kier alpha value is -1.26. The van der Waals surface area contributed by atoms with Gasteiger partial charge in [0, 0.05) is 34.4 Å². The highest BCUT2D eigenvalue weighted by Crippen LogP contribution is 2.60. The van der Waals surface area contributed by atoms with Crippen molar-refractivity contribution in [3.63, 3.8) is 0 Å². The molecule has 2 aromatic rings. The van der Waals surface area contributed by atoms with Gasteiger partial charge < -0.3 is 18.1 Å². The van der Waals surface area contributed by atoms with E-state index < -0.39 is 15.2 Å². The lowest BCUT2D eigenvalue weighted by molar-refractivity contribution is 0.260. The van der Waals surface area contributed by atoms with E-state index in [0.717, 1.165) is 0 Å². The molecule has 0 heterocycles. The third kappa shape index (κ3) is 8.12. The number of benzene rings is 2. The van der Waals surface area contributed by atoms with E-state index in [0.29, 0.717) is 18.0 Å². The Morgan fingerprint density at radius 3 is 1.68 bits per heavy atom. The third-order valence-corrected chi connectivity index (χ3v) is 12.0. The molecule has 0 N–H and O–H groups in total. The molecule has 3 unspecified atom stereocenters. The third-order valence-electron chi connectivity index (χ3n) is 7.72. The fraction of sp³-hybridized carbons (Fsp3) is 0.586. The van der Waals surface area contributed by atoms with Gasteiger partial charge in [-0.05, 0) is 68.4 Å². The molecular formula is C29H44O6P2. The van der Waals surface area contributed by atoms with Crippen molar-refractivity contribution in [1.29, 1.82) is 0 Å². The average molecular weight is 551 g/mol. The molecule has 0 bridgehead atoms. The first-order chi connectivity index (χ1) is 17.6. The molecule has 3 atom stereocenters. The van der Waals surface area contributed by atoms with E-state index >= 15 is 0 Å². The maximum absolute atomic E-state index is 12.6. The summed E-state index contributed by atoms with van der Waals surface area (Å²) in [5.74, 6) is 1.78. The highest BCUT2D eigenvalue weighted by atomic mass is 31.2. The Morgan fingerprint density at radius 2 is 1.24 bits per heavy atom. The number of rotatable bonds is 12. The maximum Gasteiger partial charge on any atom is 0.333 e. The van der Waals surface area contributed by atoms with E-state index in [1.165, 1.54) is 76.4 Å². The summed E-state index contributed by atoms with van der Waals surface area (Å²) in [6, 6.07) is 16.9. The monoisotopic (exact) mass is 550 g/mol. The van der Waals surface area contributed by atoms with Crippen molar-refractivity contribution in [3.8, 4) is 0 Å². The van der Waals surface area contributed by atoms with Crippen molar-refractivity contribution in [3.05, 3.63) is 70.8 Å². The average Bonchev–Trinajstić information content (AvgIpc) is 3.82. The van der Waals surface area contributed by atoms with E-state index in [4.69, 9.17) is 18.1 Å². The molecule has 0 radical (unpaired) electrons. The Balaban J connectivity index is 0.000000206. The van der Waals surface area contributed by atoms with Crippen LogP contribution in [-0.2, 0) is 27.2 Å². The van der Waals surface area contributed by atoms with Crippen LogP contribution in [0, 0.1) is 25.7 Å². The quantitative estimate of drug-likeness (QED) is 0.247. The lowest BCUT2D eigenvalue weighted by atomic mass is 9.90. The highest BCUT2D eigenvalue weighted by Gasteiger charge is 2.44. The summed E-state index contributed by atoms with van der Waals surface area (Å²) in [6.07, 6.45) is 5.32. The van der Waals surface area contributed by atoms with Crippen LogP contribution < -0.4 is 0 Å². The van der Waals surface area contributed by atoms with Gasteiger partial charge in [-0.3, -0.25) is 9.13 Å². The van der Waals surface area contributed by atoms with Crippen molar-refractivity contribution in [1.82, 2.24) is 0 Å².